The van der Waals surface area contributed by atoms with Crippen LogP contribution in [0.25, 0.3) is 0 Å². The first-order valence-electron chi connectivity index (χ1n) is 8.84. The van der Waals surface area contributed by atoms with Gasteiger partial charge in [0.15, 0.2) is 11.0 Å². The summed E-state index contributed by atoms with van der Waals surface area (Å²) in [7, 11) is -1.48. The van der Waals surface area contributed by atoms with Crippen molar-refractivity contribution in [3.63, 3.8) is 0 Å². The van der Waals surface area contributed by atoms with Gasteiger partial charge in [-0.25, -0.2) is 13.4 Å². The normalized spacial score (nSPS) is 11.6. The molecule has 0 aliphatic rings. The largest absolute Gasteiger partial charge is 0.462 e. The standard InChI is InChI=1S/C22H20FNO3S/c1-2-27-22(25)18-10-14-20(15-11-18)24(16-17-8-12-19(23)13-9-17)28(26)21-6-4-3-5-7-21/h3-15H,2,16H2,1H3. The van der Waals surface area contributed by atoms with Gasteiger partial charge in [-0.05, 0) is 61.0 Å². The van der Waals surface area contributed by atoms with E-state index < -0.39 is 17.0 Å². The second-order valence-electron chi connectivity index (χ2n) is 5.99. The van der Waals surface area contributed by atoms with Crippen molar-refractivity contribution >= 4 is 22.6 Å². The van der Waals surface area contributed by atoms with Crippen LogP contribution in [-0.4, -0.2) is 16.8 Å². The molecule has 0 spiro atoms. The first kappa shape index (κ1) is 19.8. The van der Waals surface area contributed by atoms with E-state index in [1.54, 1.807) is 59.8 Å². The number of halogens is 1. The highest BCUT2D eigenvalue weighted by molar-refractivity contribution is 7.86. The smallest absolute Gasteiger partial charge is 0.338 e. The van der Waals surface area contributed by atoms with Gasteiger partial charge in [-0.2, -0.15) is 0 Å². The van der Waals surface area contributed by atoms with E-state index in [4.69, 9.17) is 4.74 Å². The van der Waals surface area contributed by atoms with Gasteiger partial charge in [-0.1, -0.05) is 30.3 Å². The minimum Gasteiger partial charge on any atom is -0.462 e. The summed E-state index contributed by atoms with van der Waals surface area (Å²) in [5.74, 6) is -0.721. The lowest BCUT2D eigenvalue weighted by molar-refractivity contribution is 0.0526. The van der Waals surface area contributed by atoms with E-state index in [-0.39, 0.29) is 5.82 Å². The number of ether oxygens (including phenoxy) is 1. The van der Waals surface area contributed by atoms with Crippen molar-refractivity contribution in [2.75, 3.05) is 10.9 Å². The van der Waals surface area contributed by atoms with Crippen LogP contribution in [0.5, 0.6) is 0 Å². The van der Waals surface area contributed by atoms with Crippen molar-refractivity contribution < 1.29 is 18.1 Å². The van der Waals surface area contributed by atoms with E-state index in [0.717, 1.165) is 5.56 Å². The van der Waals surface area contributed by atoms with Crippen LogP contribution in [0.1, 0.15) is 22.8 Å². The number of hydrogen-bond acceptors (Lipinski definition) is 3. The van der Waals surface area contributed by atoms with Gasteiger partial charge >= 0.3 is 5.97 Å². The molecule has 0 bridgehead atoms. The van der Waals surface area contributed by atoms with Crippen LogP contribution in [-0.2, 0) is 22.3 Å². The van der Waals surface area contributed by atoms with Crippen molar-refractivity contribution in [2.24, 2.45) is 0 Å². The molecular formula is C22H20FNO3S. The van der Waals surface area contributed by atoms with Crippen molar-refractivity contribution in [3.05, 3.63) is 95.8 Å². The van der Waals surface area contributed by atoms with E-state index in [0.29, 0.717) is 29.3 Å². The van der Waals surface area contributed by atoms with Gasteiger partial charge in [0.2, 0.25) is 0 Å². The Morgan fingerprint density at radius 1 is 0.964 bits per heavy atom. The second-order valence-corrected chi connectivity index (χ2v) is 7.40. The highest BCUT2D eigenvalue weighted by Crippen LogP contribution is 2.24. The molecule has 0 saturated heterocycles. The van der Waals surface area contributed by atoms with Crippen molar-refractivity contribution in [2.45, 2.75) is 18.4 Å². The summed E-state index contributed by atoms with van der Waals surface area (Å²) < 4.78 is 33.2. The zero-order valence-electron chi connectivity index (χ0n) is 15.4. The van der Waals surface area contributed by atoms with Gasteiger partial charge in [-0.15, -0.1) is 0 Å². The lowest BCUT2D eigenvalue weighted by atomic mass is 10.2. The Kier molecular flexibility index (Phi) is 6.55. The molecule has 0 saturated carbocycles. The molecule has 3 aromatic rings. The van der Waals surface area contributed by atoms with Crippen LogP contribution in [0.15, 0.2) is 83.8 Å². The molecule has 0 fully saturated rings. The number of rotatable bonds is 7. The maximum atomic E-state index is 13.2. The zero-order valence-corrected chi connectivity index (χ0v) is 16.2. The number of carbonyl (C=O) groups is 1. The van der Waals surface area contributed by atoms with Gasteiger partial charge in [0, 0.05) is 0 Å². The van der Waals surface area contributed by atoms with Crippen LogP contribution >= 0.6 is 0 Å². The van der Waals surface area contributed by atoms with Gasteiger partial charge in [0.1, 0.15) is 5.82 Å². The summed E-state index contributed by atoms with van der Waals surface area (Å²) in [6.45, 7) is 2.37. The van der Waals surface area contributed by atoms with Crippen molar-refractivity contribution in [3.8, 4) is 0 Å². The van der Waals surface area contributed by atoms with Crippen LogP contribution in [0.4, 0.5) is 10.1 Å². The van der Waals surface area contributed by atoms with Crippen LogP contribution in [0.2, 0.25) is 0 Å². The topological polar surface area (TPSA) is 46.6 Å². The number of anilines is 1. The van der Waals surface area contributed by atoms with Gasteiger partial charge in [0.25, 0.3) is 0 Å². The monoisotopic (exact) mass is 397 g/mol. The Balaban J connectivity index is 1.92. The third kappa shape index (κ3) is 4.84. The summed E-state index contributed by atoms with van der Waals surface area (Å²) in [5, 5.41) is 0. The van der Waals surface area contributed by atoms with Crippen LogP contribution in [0, 0.1) is 5.82 Å². The predicted octanol–water partition coefficient (Wildman–Crippen LogP) is 4.73. The molecule has 0 amide bonds. The number of benzene rings is 3. The number of esters is 1. The Bertz CT molecular complexity index is 944. The van der Waals surface area contributed by atoms with Crippen LogP contribution in [0.3, 0.4) is 0 Å². The molecule has 144 valence electrons. The SMILES string of the molecule is CCOC(=O)c1ccc(N(Cc2ccc(F)cc2)S(=O)c2ccccc2)cc1. The molecule has 28 heavy (non-hydrogen) atoms. The molecule has 1 unspecified atom stereocenters. The Labute approximate surface area is 166 Å². The third-order valence-electron chi connectivity index (χ3n) is 4.05. The number of carbonyl (C=O) groups excluding carboxylic acids is 1. The molecular weight excluding hydrogens is 377 g/mol. The van der Waals surface area contributed by atoms with E-state index in [2.05, 4.69) is 0 Å². The fourth-order valence-electron chi connectivity index (χ4n) is 2.64. The Hall–Kier alpha value is -2.99. The first-order chi connectivity index (χ1) is 13.6. The van der Waals surface area contributed by atoms with Gasteiger partial charge in [-0.3, -0.25) is 4.31 Å². The second kappa shape index (κ2) is 9.28. The zero-order chi connectivity index (χ0) is 19.9. The van der Waals surface area contributed by atoms with Gasteiger partial charge in [0.05, 0.1) is 29.3 Å². The fourth-order valence-corrected chi connectivity index (χ4v) is 3.87. The minimum atomic E-state index is -1.48. The third-order valence-corrected chi connectivity index (χ3v) is 5.47. The lowest BCUT2D eigenvalue weighted by Gasteiger charge is -2.24. The highest BCUT2D eigenvalue weighted by Gasteiger charge is 2.18. The van der Waals surface area contributed by atoms with E-state index in [1.807, 2.05) is 18.2 Å². The fraction of sp³-hybridized carbons (Fsp3) is 0.136. The number of hydrogen-bond donors (Lipinski definition) is 0. The van der Waals surface area contributed by atoms with Gasteiger partial charge < -0.3 is 4.74 Å². The maximum absolute atomic E-state index is 13.2. The molecule has 0 N–H and O–H groups in total. The van der Waals surface area contributed by atoms with E-state index in [9.17, 15) is 13.4 Å². The molecule has 0 aromatic heterocycles. The number of nitrogens with zero attached hydrogens (tertiary/aromatic N) is 1. The lowest BCUT2D eigenvalue weighted by Crippen LogP contribution is -2.25. The average molecular weight is 397 g/mol. The summed E-state index contributed by atoms with van der Waals surface area (Å²) in [6, 6.07) is 21.9. The summed E-state index contributed by atoms with van der Waals surface area (Å²) in [5.41, 5.74) is 1.93. The minimum absolute atomic E-state index is 0.301. The summed E-state index contributed by atoms with van der Waals surface area (Å²) >= 11 is 0. The molecule has 6 heteroatoms. The summed E-state index contributed by atoms with van der Waals surface area (Å²) in [6.07, 6.45) is 0. The molecule has 3 aromatic carbocycles. The molecule has 0 aliphatic heterocycles. The highest BCUT2D eigenvalue weighted by atomic mass is 32.2. The van der Waals surface area contributed by atoms with E-state index >= 15 is 0 Å². The molecule has 0 aliphatic carbocycles. The maximum Gasteiger partial charge on any atom is 0.338 e. The Morgan fingerprint density at radius 2 is 1.61 bits per heavy atom. The predicted molar refractivity (Wildman–Crippen MR) is 108 cm³/mol. The first-order valence-corrected chi connectivity index (χ1v) is 9.95. The molecule has 1 atom stereocenters. The quantitative estimate of drug-likeness (QED) is 0.542. The molecule has 3 rings (SSSR count). The summed E-state index contributed by atoms with van der Waals surface area (Å²) in [4.78, 5) is 12.5. The molecule has 0 heterocycles. The van der Waals surface area contributed by atoms with Crippen LogP contribution < -0.4 is 4.31 Å². The molecule has 4 nitrogen and oxygen atoms in total. The Morgan fingerprint density at radius 3 is 2.21 bits per heavy atom. The average Bonchev–Trinajstić information content (AvgIpc) is 2.74. The van der Waals surface area contributed by atoms with E-state index in [1.165, 1.54) is 12.1 Å². The van der Waals surface area contributed by atoms with Crippen molar-refractivity contribution in [1.82, 2.24) is 0 Å². The molecule has 0 radical (unpaired) electrons. The van der Waals surface area contributed by atoms with Crippen molar-refractivity contribution in [1.29, 1.82) is 0 Å².